The van der Waals surface area contributed by atoms with E-state index in [1.807, 2.05) is 41.3 Å². The average molecular weight is 335 g/mol. The van der Waals surface area contributed by atoms with Gasteiger partial charge in [0.2, 0.25) is 5.91 Å². The van der Waals surface area contributed by atoms with Gasteiger partial charge in [-0.2, -0.15) is 0 Å². The number of benzene rings is 1. The molecular formula is C14H15BrN4O. The molecule has 1 amide bonds. The number of hydrogen-bond donors (Lipinski definition) is 2. The molecule has 0 radical (unpaired) electrons. The minimum absolute atomic E-state index is 0.0972. The van der Waals surface area contributed by atoms with E-state index in [0.29, 0.717) is 18.1 Å². The van der Waals surface area contributed by atoms with Crippen LogP contribution in [0.15, 0.2) is 47.1 Å². The summed E-state index contributed by atoms with van der Waals surface area (Å²) in [5.41, 5.74) is 12.7. The first-order valence-corrected chi connectivity index (χ1v) is 6.84. The van der Waals surface area contributed by atoms with Crippen LogP contribution in [0.5, 0.6) is 0 Å². The predicted octanol–water partition coefficient (Wildman–Crippen LogP) is 1.92. The van der Waals surface area contributed by atoms with Crippen molar-refractivity contribution in [2.45, 2.75) is 6.54 Å². The predicted molar refractivity (Wildman–Crippen MR) is 83.0 cm³/mol. The zero-order valence-corrected chi connectivity index (χ0v) is 12.4. The Bertz CT molecular complexity index is 600. The van der Waals surface area contributed by atoms with Crippen LogP contribution in [-0.4, -0.2) is 17.4 Å². The van der Waals surface area contributed by atoms with Gasteiger partial charge in [-0.1, -0.05) is 12.1 Å². The Morgan fingerprint density at radius 3 is 2.55 bits per heavy atom. The van der Waals surface area contributed by atoms with Gasteiger partial charge in [-0.05, 0) is 45.8 Å². The highest BCUT2D eigenvalue weighted by Gasteiger charge is 2.14. The number of aromatic nitrogens is 1. The fourth-order valence-corrected chi connectivity index (χ4v) is 2.35. The Hall–Kier alpha value is -2.08. The minimum atomic E-state index is -0.405. The summed E-state index contributed by atoms with van der Waals surface area (Å²) >= 11 is 3.44. The first-order valence-electron chi connectivity index (χ1n) is 6.04. The van der Waals surface area contributed by atoms with Crippen molar-refractivity contribution >= 4 is 33.3 Å². The number of amides is 1. The summed E-state index contributed by atoms with van der Waals surface area (Å²) in [5.74, 6) is 0.279. The van der Waals surface area contributed by atoms with Gasteiger partial charge >= 0.3 is 0 Å². The number of rotatable bonds is 5. The SMILES string of the molecule is NC(=O)CN(Cc1ccc(N)cc1)c1ncccc1Br. The van der Waals surface area contributed by atoms with Crippen LogP contribution in [0.4, 0.5) is 11.5 Å². The summed E-state index contributed by atoms with van der Waals surface area (Å²) < 4.78 is 0.816. The van der Waals surface area contributed by atoms with Crippen molar-refractivity contribution in [3.63, 3.8) is 0 Å². The van der Waals surface area contributed by atoms with Gasteiger partial charge in [0, 0.05) is 18.4 Å². The standard InChI is InChI=1S/C14H15BrN4O/c15-12-2-1-7-18-14(12)19(9-13(17)20)8-10-3-5-11(16)6-4-10/h1-7H,8-9,16H2,(H2,17,20). The quantitative estimate of drug-likeness (QED) is 0.818. The summed E-state index contributed by atoms with van der Waals surface area (Å²) in [6.07, 6.45) is 1.68. The van der Waals surface area contributed by atoms with E-state index >= 15 is 0 Å². The van der Waals surface area contributed by atoms with E-state index < -0.39 is 5.91 Å². The fourth-order valence-electron chi connectivity index (χ4n) is 1.85. The number of halogens is 1. The smallest absolute Gasteiger partial charge is 0.237 e. The molecule has 0 aliphatic heterocycles. The van der Waals surface area contributed by atoms with Crippen molar-refractivity contribution < 1.29 is 4.79 Å². The molecule has 2 rings (SSSR count). The molecule has 6 heteroatoms. The lowest BCUT2D eigenvalue weighted by molar-refractivity contribution is -0.116. The zero-order valence-electron chi connectivity index (χ0n) is 10.8. The second-order valence-electron chi connectivity index (χ2n) is 4.37. The third-order valence-electron chi connectivity index (χ3n) is 2.74. The molecule has 20 heavy (non-hydrogen) atoms. The van der Waals surface area contributed by atoms with Gasteiger partial charge in [0.25, 0.3) is 0 Å². The van der Waals surface area contributed by atoms with Crippen molar-refractivity contribution in [1.82, 2.24) is 4.98 Å². The number of anilines is 2. The molecular weight excluding hydrogens is 320 g/mol. The minimum Gasteiger partial charge on any atom is -0.399 e. The molecule has 2 aromatic rings. The highest BCUT2D eigenvalue weighted by Crippen LogP contribution is 2.24. The summed E-state index contributed by atoms with van der Waals surface area (Å²) in [6.45, 7) is 0.624. The molecule has 5 nitrogen and oxygen atoms in total. The Labute approximate surface area is 125 Å². The maximum absolute atomic E-state index is 11.3. The monoisotopic (exact) mass is 334 g/mol. The lowest BCUT2D eigenvalue weighted by atomic mass is 10.2. The van der Waals surface area contributed by atoms with Crippen LogP contribution >= 0.6 is 15.9 Å². The molecule has 104 valence electrons. The van der Waals surface area contributed by atoms with Crippen molar-refractivity contribution in [3.05, 3.63) is 52.6 Å². The molecule has 0 atom stereocenters. The highest BCUT2D eigenvalue weighted by molar-refractivity contribution is 9.10. The van der Waals surface area contributed by atoms with Gasteiger partial charge in [-0.25, -0.2) is 4.98 Å². The molecule has 1 aromatic carbocycles. The lowest BCUT2D eigenvalue weighted by Crippen LogP contribution is -2.34. The fraction of sp³-hybridized carbons (Fsp3) is 0.143. The van der Waals surface area contributed by atoms with E-state index in [1.54, 1.807) is 6.20 Å². The molecule has 0 aliphatic rings. The van der Waals surface area contributed by atoms with E-state index in [1.165, 1.54) is 0 Å². The van der Waals surface area contributed by atoms with Crippen molar-refractivity contribution in [2.75, 3.05) is 17.2 Å². The van der Waals surface area contributed by atoms with Crippen LogP contribution in [0.25, 0.3) is 0 Å². The molecule has 0 spiro atoms. The Kier molecular flexibility index (Phi) is 4.57. The highest BCUT2D eigenvalue weighted by atomic mass is 79.9. The van der Waals surface area contributed by atoms with Crippen LogP contribution in [0.2, 0.25) is 0 Å². The van der Waals surface area contributed by atoms with Gasteiger partial charge in [0.1, 0.15) is 5.82 Å². The molecule has 0 bridgehead atoms. The van der Waals surface area contributed by atoms with Gasteiger partial charge in [-0.15, -0.1) is 0 Å². The van der Waals surface area contributed by atoms with Crippen molar-refractivity contribution in [3.8, 4) is 0 Å². The number of primary amides is 1. The summed E-state index contributed by atoms with van der Waals surface area (Å²) in [4.78, 5) is 17.4. The van der Waals surface area contributed by atoms with Crippen LogP contribution in [0.3, 0.4) is 0 Å². The number of nitrogens with zero attached hydrogens (tertiary/aromatic N) is 2. The Morgan fingerprint density at radius 1 is 1.25 bits per heavy atom. The first kappa shape index (κ1) is 14.3. The molecule has 0 saturated carbocycles. The second kappa shape index (κ2) is 6.38. The number of nitrogens with two attached hydrogens (primary N) is 2. The summed E-state index contributed by atoms with van der Waals surface area (Å²) in [7, 11) is 0. The number of nitrogen functional groups attached to an aromatic ring is 1. The van der Waals surface area contributed by atoms with Crippen LogP contribution in [0.1, 0.15) is 5.56 Å². The number of hydrogen-bond acceptors (Lipinski definition) is 4. The Balaban J connectivity index is 2.26. The summed E-state index contributed by atoms with van der Waals surface area (Å²) in [6, 6.07) is 11.2. The van der Waals surface area contributed by atoms with E-state index in [9.17, 15) is 4.79 Å². The topological polar surface area (TPSA) is 85.2 Å². The molecule has 1 aromatic heterocycles. The third kappa shape index (κ3) is 3.71. The van der Waals surface area contributed by atoms with E-state index in [0.717, 1.165) is 10.0 Å². The van der Waals surface area contributed by atoms with Gasteiger partial charge in [0.15, 0.2) is 0 Å². The second-order valence-corrected chi connectivity index (χ2v) is 5.23. The van der Waals surface area contributed by atoms with Crippen LogP contribution < -0.4 is 16.4 Å². The van der Waals surface area contributed by atoms with Gasteiger partial charge in [0.05, 0.1) is 11.0 Å². The average Bonchev–Trinajstić information content (AvgIpc) is 2.41. The third-order valence-corrected chi connectivity index (χ3v) is 3.36. The molecule has 1 heterocycles. The first-order chi connectivity index (χ1) is 9.56. The van der Waals surface area contributed by atoms with Crippen LogP contribution in [-0.2, 0) is 11.3 Å². The molecule has 4 N–H and O–H groups in total. The Morgan fingerprint density at radius 2 is 1.95 bits per heavy atom. The van der Waals surface area contributed by atoms with E-state index in [2.05, 4.69) is 20.9 Å². The summed E-state index contributed by atoms with van der Waals surface area (Å²) in [5, 5.41) is 0. The number of pyridine rings is 1. The maximum atomic E-state index is 11.3. The normalized spacial score (nSPS) is 10.2. The number of carbonyl (C=O) groups is 1. The molecule has 0 aliphatic carbocycles. The lowest BCUT2D eigenvalue weighted by Gasteiger charge is -2.23. The maximum Gasteiger partial charge on any atom is 0.237 e. The van der Waals surface area contributed by atoms with E-state index in [4.69, 9.17) is 11.5 Å². The zero-order chi connectivity index (χ0) is 14.5. The molecule has 0 fully saturated rings. The van der Waals surface area contributed by atoms with Crippen molar-refractivity contribution in [1.29, 1.82) is 0 Å². The molecule has 0 unspecified atom stereocenters. The van der Waals surface area contributed by atoms with Gasteiger partial charge < -0.3 is 16.4 Å². The van der Waals surface area contributed by atoms with Crippen molar-refractivity contribution in [2.24, 2.45) is 5.73 Å². The van der Waals surface area contributed by atoms with E-state index in [-0.39, 0.29) is 6.54 Å². The van der Waals surface area contributed by atoms with Crippen LogP contribution in [0, 0.1) is 0 Å². The number of carbonyl (C=O) groups excluding carboxylic acids is 1. The molecule has 0 saturated heterocycles. The van der Waals surface area contributed by atoms with Gasteiger partial charge in [-0.3, -0.25) is 4.79 Å². The largest absolute Gasteiger partial charge is 0.399 e.